The largest absolute Gasteiger partial charge is 0.481 e. The molecule has 2 amide bonds. The van der Waals surface area contributed by atoms with Crippen molar-refractivity contribution in [3.05, 3.63) is 54.1 Å². The van der Waals surface area contributed by atoms with E-state index in [9.17, 15) is 9.59 Å². The second-order valence-electron chi connectivity index (χ2n) is 7.29. The van der Waals surface area contributed by atoms with Crippen LogP contribution in [0.2, 0.25) is 0 Å². The molecule has 0 radical (unpaired) electrons. The van der Waals surface area contributed by atoms with Gasteiger partial charge in [-0.3, -0.25) is 9.59 Å². The van der Waals surface area contributed by atoms with E-state index in [1.807, 2.05) is 24.3 Å². The summed E-state index contributed by atoms with van der Waals surface area (Å²) in [5, 5.41) is 5.49. The van der Waals surface area contributed by atoms with Crippen molar-refractivity contribution in [3.8, 4) is 5.75 Å². The second-order valence-corrected chi connectivity index (χ2v) is 7.29. The van der Waals surface area contributed by atoms with Crippen LogP contribution in [0.5, 0.6) is 5.75 Å². The van der Waals surface area contributed by atoms with Gasteiger partial charge in [0.15, 0.2) is 6.10 Å². The normalized spacial score (nSPS) is 12.2. The second kappa shape index (κ2) is 8.04. The number of carbonyl (C=O) groups excluding carboxylic acids is 2. The van der Waals surface area contributed by atoms with Crippen LogP contribution >= 0.6 is 0 Å². The Bertz CT molecular complexity index is 777. The molecule has 0 saturated heterocycles. The Kier molecular flexibility index (Phi) is 6.03. The van der Waals surface area contributed by atoms with Crippen LogP contribution < -0.4 is 15.4 Å². The molecule has 138 valence electrons. The summed E-state index contributed by atoms with van der Waals surface area (Å²) < 4.78 is 5.79. The van der Waals surface area contributed by atoms with Gasteiger partial charge in [-0.05, 0) is 54.3 Å². The van der Waals surface area contributed by atoms with Gasteiger partial charge in [-0.25, -0.2) is 0 Å². The van der Waals surface area contributed by atoms with Crippen LogP contribution in [-0.4, -0.2) is 17.9 Å². The lowest BCUT2D eigenvalue weighted by atomic mass is 9.87. The molecular weight excluding hydrogens is 328 g/mol. The number of hydrogen-bond acceptors (Lipinski definition) is 3. The van der Waals surface area contributed by atoms with E-state index < -0.39 is 6.10 Å². The van der Waals surface area contributed by atoms with Crippen molar-refractivity contribution in [2.24, 2.45) is 0 Å². The van der Waals surface area contributed by atoms with Crippen molar-refractivity contribution in [1.29, 1.82) is 0 Å². The molecule has 0 spiro atoms. The van der Waals surface area contributed by atoms with Gasteiger partial charge in [0.05, 0.1) is 0 Å². The number of benzene rings is 2. The first-order valence-corrected chi connectivity index (χ1v) is 8.61. The highest BCUT2D eigenvalue weighted by molar-refractivity contribution is 5.94. The Labute approximate surface area is 154 Å². The van der Waals surface area contributed by atoms with Gasteiger partial charge in [0.1, 0.15) is 5.75 Å². The first-order valence-electron chi connectivity index (χ1n) is 8.61. The van der Waals surface area contributed by atoms with Crippen LogP contribution in [0, 0.1) is 0 Å². The van der Waals surface area contributed by atoms with Gasteiger partial charge in [0.25, 0.3) is 5.91 Å². The first kappa shape index (κ1) is 19.5. The van der Waals surface area contributed by atoms with Gasteiger partial charge in [-0.1, -0.05) is 32.9 Å². The van der Waals surface area contributed by atoms with E-state index in [0.29, 0.717) is 17.1 Å². The van der Waals surface area contributed by atoms with Gasteiger partial charge in [-0.15, -0.1) is 0 Å². The molecule has 0 fully saturated rings. The molecule has 0 aliphatic carbocycles. The zero-order valence-electron chi connectivity index (χ0n) is 15.9. The summed E-state index contributed by atoms with van der Waals surface area (Å²) in [5.74, 6) is 0.292. The van der Waals surface area contributed by atoms with Crippen LogP contribution in [-0.2, 0) is 15.0 Å². The molecule has 26 heavy (non-hydrogen) atoms. The monoisotopic (exact) mass is 354 g/mol. The summed E-state index contributed by atoms with van der Waals surface area (Å²) in [5.41, 5.74) is 2.48. The van der Waals surface area contributed by atoms with Gasteiger partial charge in [0, 0.05) is 18.3 Å². The number of carbonyl (C=O) groups is 2. The van der Waals surface area contributed by atoms with Crippen molar-refractivity contribution < 1.29 is 14.3 Å². The average molecular weight is 354 g/mol. The fourth-order valence-corrected chi connectivity index (χ4v) is 2.38. The van der Waals surface area contributed by atoms with Gasteiger partial charge >= 0.3 is 0 Å². The van der Waals surface area contributed by atoms with Crippen molar-refractivity contribution in [1.82, 2.24) is 0 Å². The minimum absolute atomic E-state index is 0.0144. The summed E-state index contributed by atoms with van der Waals surface area (Å²) in [6.45, 7) is 9.56. The van der Waals surface area contributed by atoms with Crippen LogP contribution in [0.3, 0.4) is 0 Å². The molecule has 0 aliphatic rings. The van der Waals surface area contributed by atoms with E-state index in [4.69, 9.17) is 4.74 Å². The lowest BCUT2D eigenvalue weighted by Crippen LogP contribution is -2.30. The topological polar surface area (TPSA) is 67.4 Å². The fraction of sp³-hybridized carbons (Fsp3) is 0.333. The Morgan fingerprint density at radius 1 is 0.962 bits per heavy atom. The molecule has 0 aromatic heterocycles. The van der Waals surface area contributed by atoms with Crippen LogP contribution in [0.25, 0.3) is 0 Å². The smallest absolute Gasteiger partial charge is 0.265 e. The molecule has 2 N–H and O–H groups in total. The Morgan fingerprint density at radius 2 is 1.54 bits per heavy atom. The maximum Gasteiger partial charge on any atom is 0.265 e. The molecule has 5 heteroatoms. The predicted molar refractivity (Wildman–Crippen MR) is 105 cm³/mol. The highest BCUT2D eigenvalue weighted by Crippen LogP contribution is 2.26. The van der Waals surface area contributed by atoms with Crippen LogP contribution in [0.4, 0.5) is 11.4 Å². The molecule has 5 nitrogen and oxygen atoms in total. The maximum absolute atomic E-state index is 12.4. The summed E-state index contributed by atoms with van der Waals surface area (Å²) in [6.07, 6.45) is -0.639. The summed E-state index contributed by atoms with van der Waals surface area (Å²) in [6, 6.07) is 14.7. The van der Waals surface area contributed by atoms with E-state index >= 15 is 0 Å². The number of ether oxygens (including phenoxy) is 1. The molecule has 0 saturated carbocycles. The quantitative estimate of drug-likeness (QED) is 0.839. The minimum atomic E-state index is -0.639. The van der Waals surface area contributed by atoms with E-state index in [1.165, 1.54) is 6.92 Å². The predicted octanol–water partition coefficient (Wildman–Crippen LogP) is 4.35. The minimum Gasteiger partial charge on any atom is -0.481 e. The molecular formula is C21H26N2O3. The molecule has 0 bridgehead atoms. The summed E-state index contributed by atoms with van der Waals surface area (Å²) in [7, 11) is 0. The van der Waals surface area contributed by atoms with Crippen LogP contribution in [0.1, 0.15) is 40.2 Å². The van der Waals surface area contributed by atoms with E-state index in [0.717, 1.165) is 5.56 Å². The lowest BCUT2D eigenvalue weighted by Gasteiger charge is -2.21. The molecule has 1 unspecified atom stereocenters. The van der Waals surface area contributed by atoms with Gasteiger partial charge < -0.3 is 15.4 Å². The van der Waals surface area contributed by atoms with Gasteiger partial charge in [0.2, 0.25) is 5.91 Å². The Balaban J connectivity index is 1.98. The lowest BCUT2D eigenvalue weighted by molar-refractivity contribution is -0.122. The number of nitrogens with one attached hydrogen (secondary N) is 2. The third-order valence-electron chi connectivity index (χ3n) is 3.85. The third-order valence-corrected chi connectivity index (χ3v) is 3.85. The average Bonchev–Trinajstić information content (AvgIpc) is 2.55. The zero-order chi connectivity index (χ0) is 19.3. The van der Waals surface area contributed by atoms with Crippen molar-refractivity contribution in [3.63, 3.8) is 0 Å². The molecule has 1 atom stereocenters. The van der Waals surface area contributed by atoms with Crippen molar-refractivity contribution >= 4 is 23.2 Å². The SMILES string of the molecule is CC(=O)Nc1ccc(NC(=O)C(C)Oc2cccc(C(C)(C)C)c2)cc1. The van der Waals surface area contributed by atoms with E-state index in [-0.39, 0.29) is 17.2 Å². The van der Waals surface area contributed by atoms with E-state index in [1.54, 1.807) is 31.2 Å². The molecule has 2 aromatic carbocycles. The highest BCUT2D eigenvalue weighted by Gasteiger charge is 2.17. The Morgan fingerprint density at radius 3 is 2.08 bits per heavy atom. The zero-order valence-corrected chi connectivity index (χ0v) is 15.9. The molecule has 2 rings (SSSR count). The number of hydrogen-bond donors (Lipinski definition) is 2. The van der Waals surface area contributed by atoms with E-state index in [2.05, 4.69) is 31.4 Å². The first-order chi connectivity index (χ1) is 12.1. The Hall–Kier alpha value is -2.82. The van der Waals surface area contributed by atoms with Gasteiger partial charge in [-0.2, -0.15) is 0 Å². The highest BCUT2D eigenvalue weighted by atomic mass is 16.5. The van der Waals surface area contributed by atoms with Crippen molar-refractivity contribution in [2.75, 3.05) is 10.6 Å². The summed E-state index contributed by atoms with van der Waals surface area (Å²) in [4.78, 5) is 23.4. The molecule has 2 aromatic rings. The number of amides is 2. The summed E-state index contributed by atoms with van der Waals surface area (Å²) >= 11 is 0. The van der Waals surface area contributed by atoms with Crippen LogP contribution in [0.15, 0.2) is 48.5 Å². The standard InChI is InChI=1S/C21H26N2O3/c1-14(26-19-8-6-7-16(13-19)21(3,4)5)20(25)23-18-11-9-17(10-12-18)22-15(2)24/h6-14H,1-5H3,(H,22,24)(H,23,25). The molecule has 0 heterocycles. The van der Waals surface area contributed by atoms with Crippen molar-refractivity contribution in [2.45, 2.75) is 46.1 Å². The number of rotatable bonds is 5. The fourth-order valence-electron chi connectivity index (χ4n) is 2.38. The molecule has 0 aliphatic heterocycles. The number of anilines is 2. The third kappa shape index (κ3) is 5.62. The maximum atomic E-state index is 12.4.